The van der Waals surface area contributed by atoms with Crippen molar-refractivity contribution in [3.05, 3.63) is 0 Å². The van der Waals surface area contributed by atoms with Gasteiger partial charge in [-0.25, -0.2) is 0 Å². The van der Waals surface area contributed by atoms with Crippen LogP contribution in [0.5, 0.6) is 0 Å². The monoisotopic (exact) mass is 230 g/mol. The van der Waals surface area contributed by atoms with E-state index in [4.69, 9.17) is 11.6 Å². The lowest BCUT2D eigenvalue weighted by Crippen LogP contribution is -2.28. The summed E-state index contributed by atoms with van der Waals surface area (Å²) in [4.78, 5) is 2.48. The maximum atomic E-state index is 5.56. The number of nitrogens with two attached hydrogens (primary N) is 2. The van der Waals surface area contributed by atoms with Crippen LogP contribution in [-0.2, 0) is 0 Å². The van der Waals surface area contributed by atoms with Gasteiger partial charge in [-0.3, -0.25) is 11.3 Å². The predicted molar refractivity (Wildman–Crippen MR) is 71.0 cm³/mol. The molecule has 0 aromatic heterocycles. The van der Waals surface area contributed by atoms with Crippen LogP contribution in [0, 0.1) is 5.92 Å². The highest BCUT2D eigenvalue weighted by Gasteiger charge is 2.09. The van der Waals surface area contributed by atoms with E-state index in [0.29, 0.717) is 0 Å². The van der Waals surface area contributed by atoms with Crippen LogP contribution >= 0.6 is 0 Å². The zero-order chi connectivity index (χ0) is 12.2. The highest BCUT2D eigenvalue weighted by Crippen LogP contribution is 2.15. The van der Waals surface area contributed by atoms with Crippen molar-refractivity contribution in [3.63, 3.8) is 0 Å². The van der Waals surface area contributed by atoms with Gasteiger partial charge in [-0.1, -0.05) is 13.8 Å². The van der Waals surface area contributed by atoms with Crippen LogP contribution in [0.4, 0.5) is 0 Å². The molecule has 0 aliphatic rings. The average Bonchev–Trinajstić information content (AvgIpc) is 2.32. The Hall–Kier alpha value is -0.160. The van der Waals surface area contributed by atoms with Gasteiger partial charge >= 0.3 is 0 Å². The van der Waals surface area contributed by atoms with Crippen molar-refractivity contribution in [1.82, 2.24) is 10.3 Å². The summed E-state index contributed by atoms with van der Waals surface area (Å²) >= 11 is 0. The number of hydrazine groups is 1. The molecule has 0 spiro atoms. The van der Waals surface area contributed by atoms with E-state index < -0.39 is 0 Å². The molecule has 0 saturated heterocycles. The fourth-order valence-corrected chi connectivity index (χ4v) is 2.03. The van der Waals surface area contributed by atoms with Gasteiger partial charge in [0, 0.05) is 6.54 Å². The van der Waals surface area contributed by atoms with Gasteiger partial charge in [0.25, 0.3) is 0 Å². The van der Waals surface area contributed by atoms with Crippen LogP contribution in [0.2, 0.25) is 0 Å². The molecule has 5 N–H and O–H groups in total. The normalized spacial score (nSPS) is 13.3. The molecule has 0 radical (unpaired) electrons. The minimum Gasteiger partial charge on any atom is -0.330 e. The summed E-state index contributed by atoms with van der Waals surface area (Å²) in [5.74, 6) is 6.09. The topological polar surface area (TPSA) is 67.3 Å². The number of hydrogen-bond donors (Lipinski definition) is 3. The third kappa shape index (κ3) is 8.05. The number of rotatable bonds is 11. The van der Waals surface area contributed by atoms with Crippen LogP contribution in [0.3, 0.4) is 0 Å². The molecular weight excluding hydrogens is 200 g/mol. The summed E-state index contributed by atoms with van der Waals surface area (Å²) in [6.45, 7) is 9.66. The average molecular weight is 230 g/mol. The predicted octanol–water partition coefficient (Wildman–Crippen LogP) is 0.927. The first-order chi connectivity index (χ1) is 7.78. The van der Waals surface area contributed by atoms with Crippen molar-refractivity contribution < 1.29 is 0 Å². The Balaban J connectivity index is 3.79. The second-order valence-corrected chi connectivity index (χ2v) is 4.36. The summed E-state index contributed by atoms with van der Waals surface area (Å²) in [6, 6.07) is 0. The Morgan fingerprint density at radius 1 is 1.12 bits per heavy atom. The molecule has 0 saturated carbocycles. The molecule has 0 rings (SSSR count). The summed E-state index contributed by atoms with van der Waals surface area (Å²) in [5.41, 5.74) is 8.31. The number of nitrogens with zero attached hydrogens (tertiary/aromatic N) is 1. The van der Waals surface area contributed by atoms with Gasteiger partial charge in [0.05, 0.1) is 0 Å². The minimum absolute atomic E-state index is 0.764. The van der Waals surface area contributed by atoms with E-state index in [2.05, 4.69) is 24.2 Å². The molecule has 0 aliphatic carbocycles. The second-order valence-electron chi connectivity index (χ2n) is 4.36. The Kier molecular flexibility index (Phi) is 11.2. The van der Waals surface area contributed by atoms with E-state index in [1.807, 2.05) is 0 Å². The first-order valence-corrected chi connectivity index (χ1v) is 6.64. The van der Waals surface area contributed by atoms with Gasteiger partial charge in [-0.2, -0.15) is 0 Å². The first-order valence-electron chi connectivity index (χ1n) is 6.64. The maximum Gasteiger partial charge on any atom is 0.0100 e. The molecule has 0 aromatic rings. The van der Waals surface area contributed by atoms with Crippen molar-refractivity contribution in [2.75, 3.05) is 32.7 Å². The number of hydrogen-bond acceptors (Lipinski definition) is 4. The van der Waals surface area contributed by atoms with Gasteiger partial charge in [0.2, 0.25) is 0 Å². The summed E-state index contributed by atoms with van der Waals surface area (Å²) in [5, 5.41) is 0. The summed E-state index contributed by atoms with van der Waals surface area (Å²) < 4.78 is 0. The van der Waals surface area contributed by atoms with Crippen LogP contribution in [-0.4, -0.2) is 37.6 Å². The van der Waals surface area contributed by atoms with Crippen molar-refractivity contribution >= 4 is 0 Å². The maximum absolute atomic E-state index is 5.56. The number of nitrogens with one attached hydrogen (secondary N) is 1. The molecule has 0 aliphatic heterocycles. The Bertz CT molecular complexity index is 129. The van der Waals surface area contributed by atoms with Crippen molar-refractivity contribution in [2.24, 2.45) is 17.5 Å². The molecule has 16 heavy (non-hydrogen) atoms. The van der Waals surface area contributed by atoms with Crippen LogP contribution < -0.4 is 17.0 Å². The lowest BCUT2D eigenvalue weighted by Gasteiger charge is -2.22. The molecule has 4 nitrogen and oxygen atoms in total. The fourth-order valence-electron chi connectivity index (χ4n) is 2.03. The van der Waals surface area contributed by atoms with E-state index in [1.165, 1.54) is 19.4 Å². The Labute approximate surface area is 101 Å². The van der Waals surface area contributed by atoms with Gasteiger partial charge < -0.3 is 10.6 Å². The lowest BCUT2D eigenvalue weighted by molar-refractivity contribution is 0.263. The highest BCUT2D eigenvalue weighted by molar-refractivity contribution is 4.64. The smallest absolute Gasteiger partial charge is 0.0100 e. The zero-order valence-corrected chi connectivity index (χ0v) is 11.0. The van der Waals surface area contributed by atoms with Gasteiger partial charge in [-0.05, 0) is 57.8 Å². The molecule has 0 heterocycles. The van der Waals surface area contributed by atoms with E-state index in [-0.39, 0.29) is 0 Å². The van der Waals surface area contributed by atoms with E-state index in [0.717, 1.165) is 44.9 Å². The standard InChI is InChI=1S/C12H30N4/c1-3-16(4-2)11-8-12(6-5-9-13)7-10-15-14/h12,15H,3-11,13-14H2,1-2H3. The Morgan fingerprint density at radius 2 is 1.81 bits per heavy atom. The van der Waals surface area contributed by atoms with Crippen LogP contribution in [0.1, 0.15) is 39.5 Å². The lowest BCUT2D eigenvalue weighted by atomic mass is 9.95. The van der Waals surface area contributed by atoms with Crippen molar-refractivity contribution in [1.29, 1.82) is 0 Å². The van der Waals surface area contributed by atoms with Gasteiger partial charge in [0.1, 0.15) is 0 Å². The third-order valence-corrected chi connectivity index (χ3v) is 3.26. The second kappa shape index (κ2) is 11.3. The Morgan fingerprint density at radius 3 is 2.31 bits per heavy atom. The van der Waals surface area contributed by atoms with Crippen LogP contribution in [0.15, 0.2) is 0 Å². The SMILES string of the molecule is CCN(CC)CCC(CCCN)CCNN. The molecule has 0 aromatic carbocycles. The van der Waals surface area contributed by atoms with E-state index >= 15 is 0 Å². The molecule has 1 unspecified atom stereocenters. The molecule has 0 amide bonds. The highest BCUT2D eigenvalue weighted by atomic mass is 15.2. The molecule has 4 heteroatoms. The quantitative estimate of drug-likeness (QED) is 0.365. The molecule has 0 fully saturated rings. The van der Waals surface area contributed by atoms with E-state index in [9.17, 15) is 0 Å². The minimum atomic E-state index is 0.764. The zero-order valence-electron chi connectivity index (χ0n) is 11.0. The summed E-state index contributed by atoms with van der Waals surface area (Å²) in [6.07, 6.45) is 4.80. The van der Waals surface area contributed by atoms with Gasteiger partial charge in [-0.15, -0.1) is 0 Å². The molecular formula is C12H30N4. The molecule has 1 atom stereocenters. The first kappa shape index (κ1) is 15.8. The summed E-state index contributed by atoms with van der Waals surface area (Å²) in [7, 11) is 0. The fraction of sp³-hybridized carbons (Fsp3) is 1.00. The van der Waals surface area contributed by atoms with Gasteiger partial charge in [0.15, 0.2) is 0 Å². The largest absolute Gasteiger partial charge is 0.330 e. The van der Waals surface area contributed by atoms with Crippen molar-refractivity contribution in [2.45, 2.75) is 39.5 Å². The van der Waals surface area contributed by atoms with E-state index in [1.54, 1.807) is 0 Å². The van der Waals surface area contributed by atoms with Crippen molar-refractivity contribution in [3.8, 4) is 0 Å². The molecule has 0 bridgehead atoms. The third-order valence-electron chi connectivity index (χ3n) is 3.26. The van der Waals surface area contributed by atoms with Crippen LogP contribution in [0.25, 0.3) is 0 Å². The molecule has 98 valence electrons.